The van der Waals surface area contributed by atoms with Crippen LogP contribution in [-0.2, 0) is 11.2 Å². The van der Waals surface area contributed by atoms with Gasteiger partial charge in [-0.15, -0.1) is 0 Å². The summed E-state index contributed by atoms with van der Waals surface area (Å²) >= 11 is 0. The van der Waals surface area contributed by atoms with Crippen LogP contribution in [0, 0.1) is 5.92 Å². The van der Waals surface area contributed by atoms with E-state index in [0.29, 0.717) is 30.2 Å². The van der Waals surface area contributed by atoms with E-state index in [1.54, 1.807) is 6.92 Å². The summed E-state index contributed by atoms with van der Waals surface area (Å²) in [7, 11) is 0. The lowest BCUT2D eigenvalue weighted by molar-refractivity contribution is 0.0255. The number of carbonyl (C=O) groups is 1. The Labute approximate surface area is 143 Å². The van der Waals surface area contributed by atoms with Gasteiger partial charge in [0.1, 0.15) is 11.6 Å². The molecule has 1 saturated carbocycles. The molecule has 0 spiro atoms. The van der Waals surface area contributed by atoms with Gasteiger partial charge in [0, 0.05) is 25.8 Å². The highest BCUT2D eigenvalue weighted by Gasteiger charge is 2.23. The molecular weight excluding hydrogens is 308 g/mol. The summed E-state index contributed by atoms with van der Waals surface area (Å²) in [5, 5.41) is 12.4. The fourth-order valence-corrected chi connectivity index (χ4v) is 3.07. The number of carbonyl (C=O) groups excluding carboxylic acids is 1. The van der Waals surface area contributed by atoms with Crippen LogP contribution in [0.4, 0.5) is 5.82 Å². The van der Waals surface area contributed by atoms with E-state index in [9.17, 15) is 9.90 Å². The molecule has 1 amide bonds. The smallest absolute Gasteiger partial charge is 0.254 e. The van der Waals surface area contributed by atoms with Gasteiger partial charge in [-0.2, -0.15) is 0 Å². The standard InChI is InChI=1S/C17H28N4O3/c1-3-24-13-6-4-12(5-7-13)8-15-19-10-14(16(18)23)17(21-15)20-9-11(2)22/h10-13,22H,3-9H2,1-2H3,(H2,18,23)(H,19,20,21). The summed E-state index contributed by atoms with van der Waals surface area (Å²) in [5.74, 6) is 1.06. The first-order valence-electron chi connectivity index (χ1n) is 8.68. The number of anilines is 1. The number of aliphatic hydroxyl groups excluding tert-OH is 1. The number of nitrogens with one attached hydrogen (secondary N) is 1. The van der Waals surface area contributed by atoms with Gasteiger partial charge in [-0.1, -0.05) is 0 Å². The van der Waals surface area contributed by atoms with Crippen LogP contribution in [-0.4, -0.2) is 46.3 Å². The number of nitrogens with zero attached hydrogens (tertiary/aromatic N) is 2. The first-order chi connectivity index (χ1) is 11.5. The third-order valence-corrected chi connectivity index (χ3v) is 4.34. The van der Waals surface area contributed by atoms with Crippen LogP contribution in [0.15, 0.2) is 6.20 Å². The third-order valence-electron chi connectivity index (χ3n) is 4.34. The summed E-state index contributed by atoms with van der Waals surface area (Å²) < 4.78 is 5.68. The highest BCUT2D eigenvalue weighted by molar-refractivity contribution is 5.97. The molecule has 0 aromatic carbocycles. The molecule has 1 aromatic rings. The van der Waals surface area contributed by atoms with E-state index in [1.807, 2.05) is 6.92 Å². The average molecular weight is 336 g/mol. The molecule has 7 heteroatoms. The molecule has 0 bridgehead atoms. The number of amides is 1. The van der Waals surface area contributed by atoms with Crippen LogP contribution in [0.3, 0.4) is 0 Å². The van der Waals surface area contributed by atoms with Crippen molar-refractivity contribution in [3.63, 3.8) is 0 Å². The number of rotatable bonds is 8. The van der Waals surface area contributed by atoms with Gasteiger partial charge in [-0.25, -0.2) is 9.97 Å². The van der Waals surface area contributed by atoms with Crippen molar-refractivity contribution in [3.8, 4) is 0 Å². The molecule has 4 N–H and O–H groups in total. The normalized spacial score (nSPS) is 22.1. The molecule has 7 nitrogen and oxygen atoms in total. The number of primary amides is 1. The molecule has 1 aliphatic carbocycles. The number of hydrogen-bond acceptors (Lipinski definition) is 6. The minimum atomic E-state index is -0.577. The Morgan fingerprint density at radius 3 is 2.75 bits per heavy atom. The molecule has 1 unspecified atom stereocenters. The van der Waals surface area contributed by atoms with Crippen LogP contribution < -0.4 is 11.1 Å². The van der Waals surface area contributed by atoms with Crippen molar-refractivity contribution in [1.29, 1.82) is 0 Å². The highest BCUT2D eigenvalue weighted by Crippen LogP contribution is 2.28. The Kier molecular flexibility index (Phi) is 6.93. The molecule has 24 heavy (non-hydrogen) atoms. The maximum absolute atomic E-state index is 11.5. The maximum atomic E-state index is 11.5. The lowest BCUT2D eigenvalue weighted by Crippen LogP contribution is -2.24. The summed E-state index contributed by atoms with van der Waals surface area (Å²) in [6, 6.07) is 0. The first-order valence-corrected chi connectivity index (χ1v) is 8.68. The van der Waals surface area contributed by atoms with Crippen molar-refractivity contribution in [2.75, 3.05) is 18.5 Å². The topological polar surface area (TPSA) is 110 Å². The second-order valence-corrected chi connectivity index (χ2v) is 6.44. The zero-order valence-electron chi connectivity index (χ0n) is 14.5. The highest BCUT2D eigenvalue weighted by atomic mass is 16.5. The lowest BCUT2D eigenvalue weighted by atomic mass is 9.85. The Morgan fingerprint density at radius 1 is 1.46 bits per heavy atom. The summed E-state index contributed by atoms with van der Waals surface area (Å²) in [6.45, 7) is 4.76. The predicted octanol–water partition coefficient (Wildman–Crippen LogP) is 1.51. The van der Waals surface area contributed by atoms with Crippen LogP contribution in [0.25, 0.3) is 0 Å². The van der Waals surface area contributed by atoms with Crippen LogP contribution >= 0.6 is 0 Å². The number of aromatic nitrogens is 2. The fourth-order valence-electron chi connectivity index (χ4n) is 3.07. The van der Waals surface area contributed by atoms with E-state index in [1.165, 1.54) is 6.20 Å². The molecule has 0 saturated heterocycles. The van der Waals surface area contributed by atoms with Crippen LogP contribution in [0.5, 0.6) is 0 Å². The van der Waals surface area contributed by atoms with Gasteiger partial charge in [0.2, 0.25) is 0 Å². The second kappa shape index (κ2) is 8.94. The van der Waals surface area contributed by atoms with E-state index in [0.717, 1.165) is 38.7 Å². The largest absolute Gasteiger partial charge is 0.392 e. The van der Waals surface area contributed by atoms with E-state index in [2.05, 4.69) is 15.3 Å². The van der Waals surface area contributed by atoms with E-state index < -0.39 is 12.0 Å². The maximum Gasteiger partial charge on any atom is 0.254 e. The van der Waals surface area contributed by atoms with Gasteiger partial charge >= 0.3 is 0 Å². The van der Waals surface area contributed by atoms with Gasteiger partial charge in [-0.05, 0) is 45.4 Å². The van der Waals surface area contributed by atoms with Crippen molar-refractivity contribution in [2.24, 2.45) is 11.7 Å². The molecule has 1 aliphatic rings. The average Bonchev–Trinajstić information content (AvgIpc) is 2.55. The minimum absolute atomic E-state index is 0.249. The van der Waals surface area contributed by atoms with Crippen LogP contribution in [0.1, 0.15) is 55.7 Å². The molecule has 0 aliphatic heterocycles. The molecule has 2 rings (SSSR count). The summed E-state index contributed by atoms with van der Waals surface area (Å²) in [4.78, 5) is 20.2. The van der Waals surface area contributed by atoms with Gasteiger partial charge in [0.15, 0.2) is 0 Å². The zero-order chi connectivity index (χ0) is 17.5. The molecule has 1 atom stereocenters. The summed E-state index contributed by atoms with van der Waals surface area (Å²) in [6.07, 6.45) is 6.44. The van der Waals surface area contributed by atoms with E-state index in [-0.39, 0.29) is 5.56 Å². The van der Waals surface area contributed by atoms with Crippen molar-refractivity contribution in [3.05, 3.63) is 17.6 Å². The second-order valence-electron chi connectivity index (χ2n) is 6.44. The van der Waals surface area contributed by atoms with Crippen molar-refractivity contribution >= 4 is 11.7 Å². The Hall–Kier alpha value is -1.73. The minimum Gasteiger partial charge on any atom is -0.392 e. The fraction of sp³-hybridized carbons (Fsp3) is 0.706. The summed E-state index contributed by atoms with van der Waals surface area (Å²) in [5.41, 5.74) is 5.61. The Morgan fingerprint density at radius 2 is 2.17 bits per heavy atom. The van der Waals surface area contributed by atoms with Crippen molar-refractivity contribution in [1.82, 2.24) is 9.97 Å². The number of nitrogens with two attached hydrogens (primary N) is 1. The van der Waals surface area contributed by atoms with E-state index in [4.69, 9.17) is 10.5 Å². The monoisotopic (exact) mass is 336 g/mol. The third kappa shape index (κ3) is 5.42. The number of ether oxygens (including phenoxy) is 1. The molecular formula is C17H28N4O3. The molecule has 1 heterocycles. The van der Waals surface area contributed by atoms with Crippen molar-refractivity contribution in [2.45, 2.75) is 58.2 Å². The van der Waals surface area contributed by atoms with Crippen molar-refractivity contribution < 1.29 is 14.6 Å². The molecule has 1 fully saturated rings. The molecule has 134 valence electrons. The van der Waals surface area contributed by atoms with Gasteiger partial charge in [0.25, 0.3) is 5.91 Å². The van der Waals surface area contributed by atoms with Crippen LogP contribution in [0.2, 0.25) is 0 Å². The molecule has 1 aromatic heterocycles. The quantitative estimate of drug-likeness (QED) is 0.663. The molecule has 0 radical (unpaired) electrons. The van der Waals surface area contributed by atoms with Gasteiger partial charge < -0.3 is 20.9 Å². The number of aliphatic hydroxyl groups is 1. The van der Waals surface area contributed by atoms with Gasteiger partial charge in [-0.3, -0.25) is 4.79 Å². The predicted molar refractivity (Wildman–Crippen MR) is 91.8 cm³/mol. The Bertz CT molecular complexity index is 543. The lowest BCUT2D eigenvalue weighted by Gasteiger charge is -2.28. The SMILES string of the molecule is CCOC1CCC(Cc2ncc(C(N)=O)c(NCC(C)O)n2)CC1. The van der Waals surface area contributed by atoms with E-state index >= 15 is 0 Å². The zero-order valence-corrected chi connectivity index (χ0v) is 14.5. The number of hydrogen-bond donors (Lipinski definition) is 3. The Balaban J connectivity index is 2.00. The first kappa shape index (κ1) is 18.6. The van der Waals surface area contributed by atoms with Gasteiger partial charge in [0.05, 0.1) is 17.8 Å².